The minimum absolute atomic E-state index is 0.0370. The van der Waals surface area contributed by atoms with Crippen molar-refractivity contribution in [2.24, 2.45) is 4.99 Å². The fourth-order valence-electron chi connectivity index (χ4n) is 0.691. The standard InChI is InChI=1S/C7H13NO2S2/c1-5(2)10-7-8-6(9-3)4-11-12-7/h5-6H,4H2,1-3H3. The number of hydrogen-bond donors (Lipinski definition) is 0. The van der Waals surface area contributed by atoms with Crippen LogP contribution in [0.5, 0.6) is 0 Å². The van der Waals surface area contributed by atoms with Gasteiger partial charge in [-0.15, -0.1) is 0 Å². The van der Waals surface area contributed by atoms with Crippen molar-refractivity contribution in [3.05, 3.63) is 0 Å². The van der Waals surface area contributed by atoms with Crippen molar-refractivity contribution in [2.45, 2.75) is 26.2 Å². The highest BCUT2D eigenvalue weighted by Gasteiger charge is 2.17. The zero-order chi connectivity index (χ0) is 8.97. The van der Waals surface area contributed by atoms with E-state index in [0.29, 0.717) is 0 Å². The molecule has 0 saturated carbocycles. The van der Waals surface area contributed by atoms with Gasteiger partial charge in [0.2, 0.25) is 0 Å². The van der Waals surface area contributed by atoms with Gasteiger partial charge in [0, 0.05) is 17.9 Å². The van der Waals surface area contributed by atoms with Crippen molar-refractivity contribution in [1.29, 1.82) is 0 Å². The number of rotatable bonds is 2. The fourth-order valence-corrected chi connectivity index (χ4v) is 2.68. The maximum atomic E-state index is 5.44. The first-order valence-electron chi connectivity index (χ1n) is 3.79. The largest absolute Gasteiger partial charge is 0.470 e. The third-order valence-corrected chi connectivity index (χ3v) is 3.27. The van der Waals surface area contributed by atoms with Crippen LogP contribution in [0.1, 0.15) is 13.8 Å². The van der Waals surface area contributed by atoms with Crippen molar-refractivity contribution in [3.63, 3.8) is 0 Å². The van der Waals surface area contributed by atoms with Crippen LogP contribution < -0.4 is 0 Å². The van der Waals surface area contributed by atoms with Crippen molar-refractivity contribution < 1.29 is 9.47 Å². The Balaban J connectivity index is 2.45. The molecule has 0 amide bonds. The van der Waals surface area contributed by atoms with Gasteiger partial charge in [0.25, 0.3) is 5.23 Å². The van der Waals surface area contributed by atoms with Crippen molar-refractivity contribution in [1.82, 2.24) is 0 Å². The number of nitrogens with zero attached hydrogens (tertiary/aromatic N) is 1. The van der Waals surface area contributed by atoms with Crippen LogP contribution in [0.4, 0.5) is 0 Å². The van der Waals surface area contributed by atoms with Gasteiger partial charge in [0.05, 0.1) is 11.9 Å². The highest BCUT2D eigenvalue weighted by atomic mass is 33.1. The lowest BCUT2D eigenvalue weighted by Gasteiger charge is -2.19. The monoisotopic (exact) mass is 207 g/mol. The molecule has 1 aliphatic heterocycles. The minimum atomic E-state index is -0.0370. The van der Waals surface area contributed by atoms with Crippen LogP contribution in [-0.4, -0.2) is 30.4 Å². The van der Waals surface area contributed by atoms with E-state index in [1.807, 2.05) is 13.8 Å². The van der Waals surface area contributed by atoms with Gasteiger partial charge >= 0.3 is 0 Å². The molecule has 0 aliphatic carbocycles. The van der Waals surface area contributed by atoms with Gasteiger partial charge in [-0.2, -0.15) is 0 Å². The molecule has 0 spiro atoms. The van der Waals surface area contributed by atoms with E-state index in [4.69, 9.17) is 9.47 Å². The molecule has 0 aromatic carbocycles. The second kappa shape index (κ2) is 4.99. The van der Waals surface area contributed by atoms with Gasteiger partial charge in [-0.25, -0.2) is 4.99 Å². The normalized spacial score (nSPS) is 24.0. The molecule has 3 nitrogen and oxygen atoms in total. The number of methoxy groups -OCH3 is 1. The van der Waals surface area contributed by atoms with Crippen LogP contribution in [0.3, 0.4) is 0 Å². The number of aliphatic imine (C=N–C) groups is 1. The first-order valence-corrected chi connectivity index (χ1v) is 6.11. The van der Waals surface area contributed by atoms with E-state index in [0.717, 1.165) is 11.0 Å². The van der Waals surface area contributed by atoms with Crippen molar-refractivity contribution in [3.8, 4) is 0 Å². The molecule has 1 unspecified atom stereocenters. The Morgan fingerprint density at radius 1 is 1.58 bits per heavy atom. The molecule has 1 atom stereocenters. The third kappa shape index (κ3) is 3.25. The molecule has 0 aromatic rings. The Hall–Kier alpha value is 0.130. The second-order valence-electron chi connectivity index (χ2n) is 2.62. The molecule has 70 valence electrons. The molecule has 0 saturated heterocycles. The van der Waals surface area contributed by atoms with Gasteiger partial charge in [-0.1, -0.05) is 10.8 Å². The lowest BCUT2D eigenvalue weighted by molar-refractivity contribution is 0.125. The van der Waals surface area contributed by atoms with Crippen LogP contribution in [0, 0.1) is 0 Å². The maximum absolute atomic E-state index is 5.44. The zero-order valence-electron chi connectivity index (χ0n) is 7.44. The summed E-state index contributed by atoms with van der Waals surface area (Å²) in [4.78, 5) is 4.25. The summed E-state index contributed by atoms with van der Waals surface area (Å²) >= 11 is 0. The first-order chi connectivity index (χ1) is 5.72. The zero-order valence-corrected chi connectivity index (χ0v) is 9.08. The van der Waals surface area contributed by atoms with Gasteiger partial charge in [-0.05, 0) is 13.8 Å². The topological polar surface area (TPSA) is 30.8 Å². The maximum Gasteiger partial charge on any atom is 0.259 e. The van der Waals surface area contributed by atoms with Crippen LogP contribution in [0.25, 0.3) is 0 Å². The van der Waals surface area contributed by atoms with E-state index < -0.39 is 0 Å². The third-order valence-electron chi connectivity index (χ3n) is 1.20. The molecule has 12 heavy (non-hydrogen) atoms. The molecule has 0 fully saturated rings. The minimum Gasteiger partial charge on any atom is -0.470 e. The van der Waals surface area contributed by atoms with E-state index in [9.17, 15) is 0 Å². The van der Waals surface area contributed by atoms with E-state index in [1.54, 1.807) is 28.7 Å². The quantitative estimate of drug-likeness (QED) is 0.649. The average molecular weight is 207 g/mol. The van der Waals surface area contributed by atoms with Crippen LogP contribution in [0.15, 0.2) is 4.99 Å². The fraction of sp³-hybridized carbons (Fsp3) is 0.857. The Bertz CT molecular complexity index is 173. The van der Waals surface area contributed by atoms with Crippen molar-refractivity contribution in [2.75, 3.05) is 12.9 Å². The van der Waals surface area contributed by atoms with Crippen LogP contribution in [-0.2, 0) is 9.47 Å². The number of hydrogen-bond acceptors (Lipinski definition) is 5. The SMILES string of the molecule is COC1CSSC(OC(C)C)=N1. The predicted octanol–water partition coefficient (Wildman–Crippen LogP) is 2.13. The lowest BCUT2D eigenvalue weighted by atomic mass is 10.5. The second-order valence-corrected chi connectivity index (χ2v) is 4.91. The van der Waals surface area contributed by atoms with Crippen LogP contribution >= 0.6 is 21.6 Å². The van der Waals surface area contributed by atoms with E-state index in [2.05, 4.69) is 4.99 Å². The highest BCUT2D eigenvalue weighted by molar-refractivity contribution is 8.82. The predicted molar refractivity (Wildman–Crippen MR) is 54.5 cm³/mol. The smallest absolute Gasteiger partial charge is 0.259 e. The van der Waals surface area contributed by atoms with Gasteiger partial charge in [0.15, 0.2) is 6.23 Å². The van der Waals surface area contributed by atoms with E-state index in [-0.39, 0.29) is 12.3 Å². The van der Waals surface area contributed by atoms with E-state index >= 15 is 0 Å². The summed E-state index contributed by atoms with van der Waals surface area (Å²) in [7, 11) is 4.95. The first kappa shape index (κ1) is 10.2. The molecule has 0 aromatic heterocycles. The summed E-state index contributed by atoms with van der Waals surface area (Å²) in [6.45, 7) is 3.98. The van der Waals surface area contributed by atoms with Gasteiger partial charge in [-0.3, -0.25) is 0 Å². The Labute approximate surface area is 80.7 Å². The van der Waals surface area contributed by atoms with E-state index in [1.165, 1.54) is 0 Å². The molecular weight excluding hydrogens is 194 g/mol. The van der Waals surface area contributed by atoms with Gasteiger partial charge < -0.3 is 9.47 Å². The highest BCUT2D eigenvalue weighted by Crippen LogP contribution is 2.30. The summed E-state index contributed by atoms with van der Waals surface area (Å²) in [6.07, 6.45) is 0.150. The van der Waals surface area contributed by atoms with Crippen molar-refractivity contribution >= 4 is 26.8 Å². The lowest BCUT2D eigenvalue weighted by Crippen LogP contribution is -2.19. The molecule has 1 heterocycles. The molecule has 0 bridgehead atoms. The molecule has 0 radical (unpaired) electrons. The summed E-state index contributed by atoms with van der Waals surface area (Å²) < 4.78 is 10.5. The number of ether oxygens (including phenoxy) is 2. The molecular formula is C7H13NO2S2. The average Bonchev–Trinajstić information content (AvgIpc) is 2.03. The molecule has 0 N–H and O–H groups in total. The summed E-state index contributed by atoms with van der Waals surface area (Å²) in [5.74, 6) is 0.895. The molecule has 1 aliphatic rings. The summed E-state index contributed by atoms with van der Waals surface area (Å²) in [6, 6.07) is 0. The summed E-state index contributed by atoms with van der Waals surface area (Å²) in [5, 5.41) is 0.730. The Kier molecular flexibility index (Phi) is 4.25. The molecule has 5 heteroatoms. The molecule has 1 rings (SSSR count). The van der Waals surface area contributed by atoms with Crippen LogP contribution in [0.2, 0.25) is 0 Å². The summed E-state index contributed by atoms with van der Waals surface area (Å²) in [5.41, 5.74) is 0. The van der Waals surface area contributed by atoms with Gasteiger partial charge in [0.1, 0.15) is 0 Å². The Morgan fingerprint density at radius 2 is 2.33 bits per heavy atom. The Morgan fingerprint density at radius 3 is 2.92 bits per heavy atom.